The van der Waals surface area contributed by atoms with Crippen LogP contribution in [0.5, 0.6) is 0 Å². The van der Waals surface area contributed by atoms with Crippen LogP contribution in [0.1, 0.15) is 63.4 Å². The maximum Gasteiger partial charge on any atom is 0.0208 e. The molecule has 0 heterocycles. The second kappa shape index (κ2) is 11.3. The molecular weight excluding hydrogens is 266 g/mol. The zero-order valence-corrected chi connectivity index (χ0v) is 13.8. The summed E-state index contributed by atoms with van der Waals surface area (Å²) in [5.41, 5.74) is 1.35. The smallest absolute Gasteiger partial charge is 0.0208 e. The minimum Gasteiger partial charge on any atom is -0.310 e. The van der Waals surface area contributed by atoms with Gasteiger partial charge in [0.05, 0.1) is 0 Å². The Kier molecular flexibility index (Phi) is 8.71. The van der Waals surface area contributed by atoms with Crippen LogP contribution in [-0.4, -0.2) is 6.04 Å². The molecule has 1 N–H and O–H groups in total. The van der Waals surface area contributed by atoms with Crippen LogP contribution in [0.15, 0.2) is 54.6 Å². The van der Waals surface area contributed by atoms with Gasteiger partial charge in [0, 0.05) is 12.6 Å². The first-order valence-corrected chi connectivity index (χ1v) is 9.06. The Morgan fingerprint density at radius 1 is 0.636 bits per heavy atom. The van der Waals surface area contributed by atoms with E-state index in [1.165, 1.54) is 63.4 Å². The third-order valence-corrected chi connectivity index (χ3v) is 4.49. The van der Waals surface area contributed by atoms with Gasteiger partial charge in [0.2, 0.25) is 0 Å². The highest BCUT2D eigenvalue weighted by molar-refractivity contribution is 5.11. The van der Waals surface area contributed by atoms with Crippen LogP contribution >= 0.6 is 0 Å². The molecule has 0 atom stereocenters. The zero-order chi connectivity index (χ0) is 15.3. The van der Waals surface area contributed by atoms with E-state index in [9.17, 15) is 0 Å². The standard InChI is InChI=1S/C21H31N/c1-3-7-11-15-20(16-12-8-4-1)19-22-21-17-13-9-5-2-6-10-14-18-21/h1,3-4,7-8,11-12,15-16,21-22H,2,5-6,9-10,13-14,17-19H2. The summed E-state index contributed by atoms with van der Waals surface area (Å²) in [4.78, 5) is 0. The predicted molar refractivity (Wildman–Crippen MR) is 96.3 cm³/mol. The molecule has 2 rings (SSSR count). The van der Waals surface area contributed by atoms with Crippen molar-refractivity contribution in [2.45, 2.75) is 70.4 Å². The lowest BCUT2D eigenvalue weighted by atomic mass is 9.97. The molecule has 1 aliphatic rings. The van der Waals surface area contributed by atoms with Crippen LogP contribution in [0, 0.1) is 0 Å². The number of nitrogens with one attached hydrogen (secondary N) is 1. The van der Waals surface area contributed by atoms with E-state index in [-0.39, 0.29) is 0 Å². The molecule has 1 aromatic carbocycles. The molecule has 0 bridgehead atoms. The fourth-order valence-electron chi connectivity index (χ4n) is 3.13. The zero-order valence-electron chi connectivity index (χ0n) is 13.8. The van der Waals surface area contributed by atoms with Crippen LogP contribution in [-0.2, 0) is 6.54 Å². The molecule has 22 heavy (non-hydrogen) atoms. The van der Waals surface area contributed by atoms with Crippen molar-refractivity contribution >= 4 is 0 Å². The van der Waals surface area contributed by atoms with Crippen molar-refractivity contribution in [2.75, 3.05) is 0 Å². The summed E-state index contributed by atoms with van der Waals surface area (Å²) in [5.74, 6) is 0. The molecule has 0 unspecified atom stereocenters. The Labute approximate surface area is 136 Å². The summed E-state index contributed by atoms with van der Waals surface area (Å²) in [5, 5.41) is 3.80. The maximum absolute atomic E-state index is 3.80. The molecule has 1 fully saturated rings. The summed E-state index contributed by atoms with van der Waals surface area (Å²) in [7, 11) is 0. The van der Waals surface area contributed by atoms with Gasteiger partial charge in [0.1, 0.15) is 0 Å². The minimum atomic E-state index is 0.697. The Hall–Kier alpha value is -1.34. The van der Waals surface area contributed by atoms with E-state index in [1.807, 2.05) is 0 Å². The molecule has 0 saturated heterocycles. The van der Waals surface area contributed by atoms with Gasteiger partial charge in [-0.3, -0.25) is 0 Å². The van der Waals surface area contributed by atoms with Gasteiger partial charge in [-0.05, 0) is 18.4 Å². The van der Waals surface area contributed by atoms with Crippen LogP contribution < -0.4 is 5.32 Å². The second-order valence-corrected chi connectivity index (χ2v) is 6.39. The van der Waals surface area contributed by atoms with Crippen LogP contribution in [0.3, 0.4) is 0 Å². The molecule has 1 nitrogen and oxygen atoms in total. The molecule has 1 aliphatic carbocycles. The summed E-state index contributed by atoms with van der Waals surface area (Å²) in [6, 6.07) is 19.8. The van der Waals surface area contributed by atoms with Crippen molar-refractivity contribution in [3.8, 4) is 0 Å². The monoisotopic (exact) mass is 297 g/mol. The lowest BCUT2D eigenvalue weighted by molar-refractivity contribution is 0.398. The largest absolute Gasteiger partial charge is 0.310 e. The van der Waals surface area contributed by atoms with Crippen molar-refractivity contribution < 1.29 is 0 Å². The maximum atomic E-state index is 3.80. The van der Waals surface area contributed by atoms with Crippen LogP contribution in [0.2, 0.25) is 0 Å². The average molecular weight is 297 g/mol. The summed E-state index contributed by atoms with van der Waals surface area (Å²) in [6.07, 6.45) is 12.6. The molecule has 1 heteroatoms. The third kappa shape index (κ3) is 7.61. The highest BCUT2D eigenvalue weighted by atomic mass is 14.9. The Morgan fingerprint density at radius 2 is 1.09 bits per heavy atom. The van der Waals surface area contributed by atoms with E-state index >= 15 is 0 Å². The molecule has 120 valence electrons. The van der Waals surface area contributed by atoms with Crippen molar-refractivity contribution in [3.05, 3.63) is 60.2 Å². The molecule has 0 spiro atoms. The average Bonchev–Trinajstić information content (AvgIpc) is 2.56. The normalized spacial score (nSPS) is 17.5. The van der Waals surface area contributed by atoms with Gasteiger partial charge in [-0.2, -0.15) is 0 Å². The first-order chi connectivity index (χ1) is 10.9. The SMILES string of the molecule is c1ccccc(CNC2CCCCCCCCC2)cccc1. The lowest BCUT2D eigenvalue weighted by Crippen LogP contribution is -2.28. The van der Waals surface area contributed by atoms with Gasteiger partial charge in [-0.25, -0.2) is 0 Å². The first-order valence-electron chi connectivity index (χ1n) is 9.06. The quantitative estimate of drug-likeness (QED) is 0.744. The number of hydrogen-bond donors (Lipinski definition) is 1. The molecule has 0 aliphatic heterocycles. The van der Waals surface area contributed by atoms with E-state index in [2.05, 4.69) is 59.9 Å². The third-order valence-electron chi connectivity index (χ3n) is 4.49. The van der Waals surface area contributed by atoms with Crippen LogP contribution in [0.4, 0.5) is 0 Å². The molecular formula is C21H31N. The topological polar surface area (TPSA) is 12.0 Å². The van der Waals surface area contributed by atoms with Gasteiger partial charge in [-0.15, -0.1) is 0 Å². The van der Waals surface area contributed by atoms with E-state index in [0.717, 1.165) is 6.54 Å². The highest BCUT2D eigenvalue weighted by Crippen LogP contribution is 2.17. The van der Waals surface area contributed by atoms with E-state index in [4.69, 9.17) is 0 Å². The number of hydrogen-bond acceptors (Lipinski definition) is 1. The lowest BCUT2D eigenvalue weighted by Gasteiger charge is -2.20. The van der Waals surface area contributed by atoms with Crippen molar-refractivity contribution in [1.29, 1.82) is 0 Å². The van der Waals surface area contributed by atoms with Gasteiger partial charge in [-0.1, -0.05) is 99.5 Å². The first kappa shape index (κ1) is 17.0. The molecule has 1 saturated carbocycles. The van der Waals surface area contributed by atoms with Crippen molar-refractivity contribution in [1.82, 2.24) is 5.32 Å². The Morgan fingerprint density at radius 3 is 1.64 bits per heavy atom. The summed E-state index contributed by atoms with van der Waals surface area (Å²) >= 11 is 0. The minimum absolute atomic E-state index is 0.697. The van der Waals surface area contributed by atoms with Crippen molar-refractivity contribution in [3.63, 3.8) is 0 Å². The summed E-state index contributed by atoms with van der Waals surface area (Å²) < 4.78 is 0. The van der Waals surface area contributed by atoms with Gasteiger partial charge in [0.15, 0.2) is 0 Å². The van der Waals surface area contributed by atoms with Gasteiger partial charge >= 0.3 is 0 Å². The highest BCUT2D eigenvalue weighted by Gasteiger charge is 2.09. The van der Waals surface area contributed by atoms with E-state index in [1.54, 1.807) is 0 Å². The second-order valence-electron chi connectivity index (χ2n) is 6.39. The molecule has 0 aromatic heterocycles. The Balaban J connectivity index is 1.89. The van der Waals surface area contributed by atoms with E-state index < -0.39 is 0 Å². The van der Waals surface area contributed by atoms with Gasteiger partial charge in [0.25, 0.3) is 0 Å². The predicted octanol–water partition coefficient (Wildman–Crippen LogP) is 5.79. The van der Waals surface area contributed by atoms with Gasteiger partial charge < -0.3 is 5.32 Å². The summed E-state index contributed by atoms with van der Waals surface area (Å²) in [6.45, 7) is 0.975. The fourth-order valence-corrected chi connectivity index (χ4v) is 3.13. The molecule has 0 radical (unpaired) electrons. The van der Waals surface area contributed by atoms with Crippen LogP contribution in [0.25, 0.3) is 0 Å². The number of rotatable bonds is 3. The molecule has 0 amide bonds. The fraction of sp³-hybridized carbons (Fsp3) is 0.524. The van der Waals surface area contributed by atoms with Crippen molar-refractivity contribution in [2.24, 2.45) is 0 Å². The molecule has 1 aromatic rings. The Bertz CT molecular complexity index is 418. The van der Waals surface area contributed by atoms with E-state index in [0.29, 0.717) is 6.04 Å².